The van der Waals surface area contributed by atoms with Gasteiger partial charge in [-0.1, -0.05) is 35.8 Å². The first-order valence-corrected chi connectivity index (χ1v) is 5.82. The van der Waals surface area contributed by atoms with Gasteiger partial charge >= 0.3 is 0 Å². The highest BCUT2D eigenvalue weighted by Crippen LogP contribution is 2.24. The molecule has 0 aliphatic rings. The first-order valence-electron chi connectivity index (χ1n) is 5.03. The first kappa shape index (κ1) is 12.7. The van der Waals surface area contributed by atoms with Crippen molar-refractivity contribution in [2.75, 3.05) is 13.6 Å². The molecule has 1 rings (SSSR count). The Bertz CT molecular complexity index is 336. The standard InChI is InChI=1S/C12H17BrFN/c1-12(2,8-15-3)7-9-4-5-10(13)6-11(9)14/h4-6,15H,7-8H2,1-3H3. The molecule has 1 aromatic carbocycles. The van der Waals surface area contributed by atoms with Gasteiger partial charge in [0, 0.05) is 11.0 Å². The molecule has 0 spiro atoms. The third-order valence-electron chi connectivity index (χ3n) is 2.34. The lowest BCUT2D eigenvalue weighted by Crippen LogP contribution is -2.29. The van der Waals surface area contributed by atoms with Crippen molar-refractivity contribution in [3.63, 3.8) is 0 Å². The van der Waals surface area contributed by atoms with Crippen LogP contribution in [0.15, 0.2) is 22.7 Å². The van der Waals surface area contributed by atoms with Crippen LogP contribution >= 0.6 is 15.9 Å². The topological polar surface area (TPSA) is 12.0 Å². The average molecular weight is 274 g/mol. The minimum atomic E-state index is -0.131. The van der Waals surface area contributed by atoms with Crippen LogP contribution in [0.25, 0.3) is 0 Å². The average Bonchev–Trinajstić information content (AvgIpc) is 2.09. The van der Waals surface area contributed by atoms with E-state index in [0.717, 1.165) is 23.0 Å². The lowest BCUT2D eigenvalue weighted by molar-refractivity contribution is 0.344. The van der Waals surface area contributed by atoms with Crippen LogP contribution in [-0.2, 0) is 6.42 Å². The Morgan fingerprint density at radius 3 is 2.60 bits per heavy atom. The second-order valence-electron chi connectivity index (χ2n) is 4.61. The molecular weight excluding hydrogens is 257 g/mol. The molecule has 0 fully saturated rings. The van der Waals surface area contributed by atoms with Crippen molar-refractivity contribution < 1.29 is 4.39 Å². The van der Waals surface area contributed by atoms with Crippen LogP contribution in [0.4, 0.5) is 4.39 Å². The third kappa shape index (κ3) is 3.92. The lowest BCUT2D eigenvalue weighted by atomic mass is 9.85. The Hall–Kier alpha value is -0.410. The van der Waals surface area contributed by atoms with E-state index in [1.807, 2.05) is 19.2 Å². The molecule has 0 unspecified atom stereocenters. The normalized spacial score (nSPS) is 11.8. The van der Waals surface area contributed by atoms with E-state index in [-0.39, 0.29) is 11.2 Å². The molecule has 1 nitrogen and oxygen atoms in total. The third-order valence-corrected chi connectivity index (χ3v) is 2.83. The molecule has 1 aromatic rings. The maximum Gasteiger partial charge on any atom is 0.127 e. The number of hydrogen-bond acceptors (Lipinski definition) is 1. The molecule has 0 aliphatic heterocycles. The predicted octanol–water partition coefficient (Wildman–Crippen LogP) is 3.38. The fourth-order valence-electron chi connectivity index (χ4n) is 1.72. The lowest BCUT2D eigenvalue weighted by Gasteiger charge is -2.24. The maximum absolute atomic E-state index is 13.6. The van der Waals surface area contributed by atoms with E-state index in [1.54, 1.807) is 0 Å². The number of nitrogens with one attached hydrogen (secondary N) is 1. The number of halogens is 2. The van der Waals surface area contributed by atoms with Crippen LogP contribution in [-0.4, -0.2) is 13.6 Å². The van der Waals surface area contributed by atoms with Gasteiger partial charge in [0.15, 0.2) is 0 Å². The Morgan fingerprint density at radius 1 is 1.40 bits per heavy atom. The van der Waals surface area contributed by atoms with Gasteiger partial charge < -0.3 is 5.32 Å². The van der Waals surface area contributed by atoms with Gasteiger partial charge in [0.05, 0.1) is 0 Å². The Labute approximate surface area is 99.2 Å². The van der Waals surface area contributed by atoms with Crippen molar-refractivity contribution in [2.24, 2.45) is 5.41 Å². The summed E-state index contributed by atoms with van der Waals surface area (Å²) < 4.78 is 14.4. The van der Waals surface area contributed by atoms with Gasteiger partial charge in [-0.25, -0.2) is 4.39 Å². The van der Waals surface area contributed by atoms with E-state index >= 15 is 0 Å². The van der Waals surface area contributed by atoms with Gasteiger partial charge in [0.1, 0.15) is 5.82 Å². The molecule has 0 bridgehead atoms. The predicted molar refractivity (Wildman–Crippen MR) is 65.5 cm³/mol. The first-order chi connectivity index (χ1) is 6.94. The molecule has 0 saturated heterocycles. The van der Waals surface area contributed by atoms with Crippen molar-refractivity contribution in [1.29, 1.82) is 0 Å². The van der Waals surface area contributed by atoms with E-state index in [4.69, 9.17) is 0 Å². The number of hydrogen-bond donors (Lipinski definition) is 1. The highest BCUT2D eigenvalue weighted by atomic mass is 79.9. The summed E-state index contributed by atoms with van der Waals surface area (Å²) in [7, 11) is 1.92. The van der Waals surface area contributed by atoms with Gasteiger partial charge in [-0.2, -0.15) is 0 Å². The van der Waals surface area contributed by atoms with Crippen molar-refractivity contribution in [3.8, 4) is 0 Å². The van der Waals surface area contributed by atoms with E-state index in [0.29, 0.717) is 0 Å². The number of benzene rings is 1. The van der Waals surface area contributed by atoms with Gasteiger partial charge in [-0.15, -0.1) is 0 Å². The van der Waals surface area contributed by atoms with E-state index in [9.17, 15) is 4.39 Å². The van der Waals surface area contributed by atoms with Crippen molar-refractivity contribution in [3.05, 3.63) is 34.1 Å². The fraction of sp³-hybridized carbons (Fsp3) is 0.500. The summed E-state index contributed by atoms with van der Waals surface area (Å²) in [6, 6.07) is 5.25. The summed E-state index contributed by atoms with van der Waals surface area (Å²) in [6.07, 6.45) is 0.743. The maximum atomic E-state index is 13.6. The summed E-state index contributed by atoms with van der Waals surface area (Å²) in [5.74, 6) is -0.131. The van der Waals surface area contributed by atoms with Crippen LogP contribution in [0.2, 0.25) is 0 Å². The Kier molecular flexibility index (Phi) is 4.29. The molecule has 0 saturated carbocycles. The van der Waals surface area contributed by atoms with Gasteiger partial charge in [0.25, 0.3) is 0 Å². The molecule has 0 atom stereocenters. The Balaban J connectivity index is 2.80. The van der Waals surface area contributed by atoms with Crippen molar-refractivity contribution in [2.45, 2.75) is 20.3 Å². The largest absolute Gasteiger partial charge is 0.319 e. The zero-order chi connectivity index (χ0) is 11.5. The second-order valence-corrected chi connectivity index (χ2v) is 5.52. The minimum absolute atomic E-state index is 0.0728. The highest BCUT2D eigenvalue weighted by Gasteiger charge is 2.19. The molecule has 15 heavy (non-hydrogen) atoms. The molecule has 84 valence electrons. The summed E-state index contributed by atoms with van der Waals surface area (Å²) in [6.45, 7) is 5.14. The van der Waals surface area contributed by atoms with Crippen molar-refractivity contribution >= 4 is 15.9 Å². The summed E-state index contributed by atoms with van der Waals surface area (Å²) >= 11 is 3.25. The van der Waals surface area contributed by atoms with Crippen LogP contribution in [0.3, 0.4) is 0 Å². The van der Waals surface area contributed by atoms with Crippen LogP contribution in [0, 0.1) is 11.2 Å². The zero-order valence-corrected chi connectivity index (χ0v) is 11.0. The molecule has 0 aliphatic carbocycles. The number of rotatable bonds is 4. The molecule has 0 amide bonds. The highest BCUT2D eigenvalue weighted by molar-refractivity contribution is 9.10. The summed E-state index contributed by atoms with van der Waals surface area (Å²) in [5.41, 5.74) is 0.849. The minimum Gasteiger partial charge on any atom is -0.319 e. The Morgan fingerprint density at radius 2 is 2.07 bits per heavy atom. The molecule has 0 aromatic heterocycles. The monoisotopic (exact) mass is 273 g/mol. The zero-order valence-electron chi connectivity index (χ0n) is 9.40. The second kappa shape index (κ2) is 5.08. The molecule has 0 radical (unpaired) electrons. The fourth-order valence-corrected chi connectivity index (χ4v) is 2.05. The van der Waals surface area contributed by atoms with E-state index < -0.39 is 0 Å². The molecule has 1 N–H and O–H groups in total. The summed E-state index contributed by atoms with van der Waals surface area (Å²) in [4.78, 5) is 0. The van der Waals surface area contributed by atoms with Crippen molar-refractivity contribution in [1.82, 2.24) is 5.32 Å². The van der Waals surface area contributed by atoms with Gasteiger partial charge in [-0.05, 0) is 36.6 Å². The smallest absolute Gasteiger partial charge is 0.127 e. The molecular formula is C12H17BrFN. The van der Waals surface area contributed by atoms with Gasteiger partial charge in [0.2, 0.25) is 0 Å². The van der Waals surface area contributed by atoms with Crippen LogP contribution in [0.5, 0.6) is 0 Å². The summed E-state index contributed by atoms with van der Waals surface area (Å²) in [5, 5.41) is 3.13. The molecule has 0 heterocycles. The van der Waals surface area contributed by atoms with E-state index in [2.05, 4.69) is 35.1 Å². The van der Waals surface area contributed by atoms with Crippen LogP contribution in [0.1, 0.15) is 19.4 Å². The van der Waals surface area contributed by atoms with E-state index in [1.165, 1.54) is 6.07 Å². The van der Waals surface area contributed by atoms with Crippen LogP contribution < -0.4 is 5.32 Å². The quantitative estimate of drug-likeness (QED) is 0.887. The van der Waals surface area contributed by atoms with Gasteiger partial charge in [-0.3, -0.25) is 0 Å². The molecule has 3 heteroatoms. The SMILES string of the molecule is CNCC(C)(C)Cc1ccc(Br)cc1F.